The molecule has 116 valence electrons. The van der Waals surface area contributed by atoms with E-state index in [2.05, 4.69) is 36.1 Å². The van der Waals surface area contributed by atoms with Crippen molar-refractivity contribution in [1.29, 1.82) is 0 Å². The van der Waals surface area contributed by atoms with Crippen molar-refractivity contribution in [3.05, 3.63) is 35.4 Å². The first-order valence-electron chi connectivity index (χ1n) is 7.81. The van der Waals surface area contributed by atoms with Crippen molar-refractivity contribution in [2.45, 2.75) is 45.3 Å². The van der Waals surface area contributed by atoms with Crippen molar-refractivity contribution in [3.8, 4) is 0 Å². The third-order valence-electron chi connectivity index (χ3n) is 4.10. The summed E-state index contributed by atoms with van der Waals surface area (Å²) >= 11 is 0. The molecule has 0 aliphatic carbocycles. The number of hydrogen-bond acceptors (Lipinski definition) is 3. The Hall–Kier alpha value is -1.39. The van der Waals surface area contributed by atoms with Gasteiger partial charge in [-0.05, 0) is 30.4 Å². The van der Waals surface area contributed by atoms with Gasteiger partial charge in [-0.2, -0.15) is 0 Å². The quantitative estimate of drug-likeness (QED) is 0.839. The van der Waals surface area contributed by atoms with Gasteiger partial charge in [0.2, 0.25) is 0 Å². The average molecular weight is 291 g/mol. The molecule has 0 spiro atoms. The second-order valence-electron chi connectivity index (χ2n) is 5.61. The Kier molecular flexibility index (Phi) is 6.21. The highest BCUT2D eigenvalue weighted by Gasteiger charge is 2.20. The van der Waals surface area contributed by atoms with Crippen LogP contribution in [0.15, 0.2) is 24.3 Å². The molecule has 1 aliphatic heterocycles. The molecule has 1 aromatic rings. The third kappa shape index (κ3) is 5.14. The van der Waals surface area contributed by atoms with Crippen molar-refractivity contribution in [1.82, 2.24) is 4.90 Å². The summed E-state index contributed by atoms with van der Waals surface area (Å²) in [6.07, 6.45) is 3.39. The maximum atomic E-state index is 10.5. The molecule has 1 saturated heterocycles. The minimum absolute atomic E-state index is 0.101. The number of carboxylic acid groups (broad SMARTS) is 1. The summed E-state index contributed by atoms with van der Waals surface area (Å²) in [7, 11) is 0. The molecule has 0 amide bonds. The minimum atomic E-state index is -0.788. The van der Waals surface area contributed by atoms with E-state index in [1.807, 2.05) is 0 Å². The SMILES string of the molecule is CCc1ccccc1CN1CCC(OCCC(=O)O)CC1. The van der Waals surface area contributed by atoms with Crippen LogP contribution in [0.25, 0.3) is 0 Å². The maximum Gasteiger partial charge on any atom is 0.305 e. The monoisotopic (exact) mass is 291 g/mol. The predicted molar refractivity (Wildman–Crippen MR) is 82.3 cm³/mol. The fourth-order valence-electron chi connectivity index (χ4n) is 2.84. The van der Waals surface area contributed by atoms with Gasteiger partial charge in [0.25, 0.3) is 0 Å². The number of aliphatic carboxylic acids is 1. The van der Waals surface area contributed by atoms with Crippen LogP contribution >= 0.6 is 0 Å². The Morgan fingerprint density at radius 3 is 2.57 bits per heavy atom. The van der Waals surface area contributed by atoms with Crippen LogP contribution in [-0.4, -0.2) is 41.8 Å². The molecule has 1 fully saturated rings. The molecule has 4 heteroatoms. The Labute approximate surface area is 126 Å². The van der Waals surface area contributed by atoms with Crippen molar-refractivity contribution >= 4 is 5.97 Å². The first-order valence-corrected chi connectivity index (χ1v) is 7.81. The second-order valence-corrected chi connectivity index (χ2v) is 5.61. The van der Waals surface area contributed by atoms with Crippen LogP contribution in [0.3, 0.4) is 0 Å². The number of likely N-dealkylation sites (tertiary alicyclic amines) is 1. The number of carboxylic acids is 1. The van der Waals surface area contributed by atoms with Gasteiger partial charge in [0.1, 0.15) is 0 Å². The number of rotatable bonds is 7. The first-order chi connectivity index (χ1) is 10.2. The molecule has 1 aromatic carbocycles. The van der Waals surface area contributed by atoms with Crippen molar-refractivity contribution in [2.75, 3.05) is 19.7 Å². The zero-order valence-electron chi connectivity index (χ0n) is 12.8. The Morgan fingerprint density at radius 1 is 1.29 bits per heavy atom. The summed E-state index contributed by atoms with van der Waals surface area (Å²) in [6, 6.07) is 8.63. The van der Waals surface area contributed by atoms with E-state index in [0.717, 1.165) is 38.9 Å². The fraction of sp³-hybridized carbons (Fsp3) is 0.588. The number of piperidine rings is 1. The van der Waals surface area contributed by atoms with Gasteiger partial charge in [-0.15, -0.1) is 0 Å². The van der Waals surface area contributed by atoms with Gasteiger partial charge in [-0.3, -0.25) is 9.69 Å². The van der Waals surface area contributed by atoms with Gasteiger partial charge in [0, 0.05) is 19.6 Å². The van der Waals surface area contributed by atoms with Gasteiger partial charge in [-0.25, -0.2) is 0 Å². The fourth-order valence-corrected chi connectivity index (χ4v) is 2.84. The van der Waals surface area contributed by atoms with E-state index in [0.29, 0.717) is 6.61 Å². The second kappa shape index (κ2) is 8.15. The summed E-state index contributed by atoms with van der Waals surface area (Å²) in [5, 5.41) is 8.61. The van der Waals surface area contributed by atoms with Crippen LogP contribution in [0, 0.1) is 0 Å². The molecule has 4 nitrogen and oxygen atoms in total. The molecule has 0 aromatic heterocycles. The van der Waals surface area contributed by atoms with Gasteiger partial charge in [-0.1, -0.05) is 31.2 Å². The topological polar surface area (TPSA) is 49.8 Å². The van der Waals surface area contributed by atoms with Crippen LogP contribution < -0.4 is 0 Å². The molecule has 0 radical (unpaired) electrons. The normalized spacial score (nSPS) is 17.0. The summed E-state index contributed by atoms with van der Waals surface area (Å²) in [4.78, 5) is 12.9. The molecular formula is C17H25NO3. The van der Waals surface area contributed by atoms with E-state index in [1.165, 1.54) is 11.1 Å². The molecule has 1 N–H and O–H groups in total. The standard InChI is InChI=1S/C17H25NO3/c1-2-14-5-3-4-6-15(14)13-18-10-7-16(8-11-18)21-12-9-17(19)20/h3-6,16H,2,7-13H2,1H3,(H,19,20). The molecule has 21 heavy (non-hydrogen) atoms. The van der Waals surface area contributed by atoms with E-state index >= 15 is 0 Å². The van der Waals surface area contributed by atoms with Gasteiger partial charge < -0.3 is 9.84 Å². The molecule has 2 rings (SSSR count). The summed E-state index contributed by atoms with van der Waals surface area (Å²) in [5.74, 6) is -0.788. The maximum absolute atomic E-state index is 10.5. The van der Waals surface area contributed by atoms with E-state index in [9.17, 15) is 4.79 Å². The lowest BCUT2D eigenvalue weighted by molar-refractivity contribution is -0.138. The Bertz CT molecular complexity index is 453. The predicted octanol–water partition coefficient (Wildman–Crippen LogP) is 2.70. The largest absolute Gasteiger partial charge is 0.481 e. The van der Waals surface area contributed by atoms with E-state index in [4.69, 9.17) is 9.84 Å². The molecule has 1 heterocycles. The van der Waals surface area contributed by atoms with E-state index < -0.39 is 5.97 Å². The highest BCUT2D eigenvalue weighted by molar-refractivity contribution is 5.66. The summed E-state index contributed by atoms with van der Waals surface area (Å²) in [6.45, 7) is 5.58. The van der Waals surface area contributed by atoms with Gasteiger partial charge in [0.15, 0.2) is 0 Å². The smallest absolute Gasteiger partial charge is 0.305 e. The van der Waals surface area contributed by atoms with Crippen LogP contribution in [0.1, 0.15) is 37.3 Å². The zero-order chi connectivity index (χ0) is 15.1. The summed E-state index contributed by atoms with van der Waals surface area (Å²) < 4.78 is 5.63. The van der Waals surface area contributed by atoms with Crippen molar-refractivity contribution < 1.29 is 14.6 Å². The van der Waals surface area contributed by atoms with Gasteiger partial charge in [0.05, 0.1) is 19.1 Å². The Balaban J connectivity index is 1.75. The van der Waals surface area contributed by atoms with Crippen LogP contribution in [-0.2, 0) is 22.5 Å². The number of ether oxygens (including phenoxy) is 1. The number of carbonyl (C=O) groups is 1. The number of aryl methyl sites for hydroxylation is 1. The number of benzene rings is 1. The molecular weight excluding hydrogens is 266 g/mol. The lowest BCUT2D eigenvalue weighted by Gasteiger charge is -2.32. The zero-order valence-corrected chi connectivity index (χ0v) is 12.8. The summed E-state index contributed by atoms with van der Waals surface area (Å²) in [5.41, 5.74) is 2.85. The molecule has 0 atom stereocenters. The number of nitrogens with zero attached hydrogens (tertiary/aromatic N) is 1. The van der Waals surface area contributed by atoms with E-state index in [1.54, 1.807) is 0 Å². The van der Waals surface area contributed by atoms with E-state index in [-0.39, 0.29) is 12.5 Å². The van der Waals surface area contributed by atoms with Crippen LogP contribution in [0.5, 0.6) is 0 Å². The average Bonchev–Trinajstić information content (AvgIpc) is 2.49. The third-order valence-corrected chi connectivity index (χ3v) is 4.10. The molecule has 0 unspecified atom stereocenters. The lowest BCUT2D eigenvalue weighted by Crippen LogP contribution is -2.37. The van der Waals surface area contributed by atoms with Crippen LogP contribution in [0.2, 0.25) is 0 Å². The van der Waals surface area contributed by atoms with Crippen molar-refractivity contribution in [2.24, 2.45) is 0 Å². The highest BCUT2D eigenvalue weighted by Crippen LogP contribution is 2.18. The highest BCUT2D eigenvalue weighted by atomic mass is 16.5. The molecule has 0 bridgehead atoms. The van der Waals surface area contributed by atoms with Crippen LogP contribution in [0.4, 0.5) is 0 Å². The number of hydrogen-bond donors (Lipinski definition) is 1. The molecule has 0 saturated carbocycles. The Morgan fingerprint density at radius 2 is 1.95 bits per heavy atom. The minimum Gasteiger partial charge on any atom is -0.481 e. The lowest BCUT2D eigenvalue weighted by atomic mass is 10.0. The van der Waals surface area contributed by atoms with Gasteiger partial charge >= 0.3 is 5.97 Å². The molecule has 1 aliphatic rings. The van der Waals surface area contributed by atoms with Crippen molar-refractivity contribution in [3.63, 3.8) is 0 Å². The first kappa shape index (κ1) is 16.0.